The molecule has 0 aliphatic rings. The number of aromatic nitrogens is 2. The lowest BCUT2D eigenvalue weighted by Crippen LogP contribution is -2.28. The molecule has 0 spiro atoms. The molecule has 0 unspecified atom stereocenters. The molecular formula is C17H22N4O. The van der Waals surface area contributed by atoms with Crippen LogP contribution in [0.25, 0.3) is 0 Å². The summed E-state index contributed by atoms with van der Waals surface area (Å²) in [5.41, 5.74) is 2.78. The molecule has 22 heavy (non-hydrogen) atoms. The number of anilines is 1. The van der Waals surface area contributed by atoms with Crippen molar-refractivity contribution in [2.45, 2.75) is 27.3 Å². The average molecular weight is 298 g/mol. The summed E-state index contributed by atoms with van der Waals surface area (Å²) >= 11 is 0. The summed E-state index contributed by atoms with van der Waals surface area (Å²) in [5.74, 6) is 0.877. The Morgan fingerprint density at radius 2 is 1.95 bits per heavy atom. The van der Waals surface area contributed by atoms with E-state index in [1.807, 2.05) is 26.0 Å². The first-order valence-corrected chi connectivity index (χ1v) is 7.45. The Hall–Kier alpha value is -2.43. The molecule has 0 fully saturated rings. The molecule has 1 heterocycles. The van der Waals surface area contributed by atoms with E-state index in [0.717, 1.165) is 0 Å². The largest absolute Gasteiger partial charge is 0.365 e. The van der Waals surface area contributed by atoms with Gasteiger partial charge in [0.2, 0.25) is 0 Å². The molecule has 116 valence electrons. The lowest BCUT2D eigenvalue weighted by molar-refractivity contribution is 0.0943. The van der Waals surface area contributed by atoms with Crippen molar-refractivity contribution in [3.63, 3.8) is 0 Å². The SMILES string of the molecule is Cc1ccccc1CNc1cnc(C(=O)NCC(C)C)cn1. The number of hydrogen-bond acceptors (Lipinski definition) is 4. The molecule has 1 aromatic carbocycles. The van der Waals surface area contributed by atoms with Gasteiger partial charge in [-0.3, -0.25) is 4.79 Å². The number of benzene rings is 1. The third-order valence-corrected chi connectivity index (χ3v) is 3.28. The number of nitrogens with zero attached hydrogens (tertiary/aromatic N) is 2. The second-order valence-corrected chi connectivity index (χ2v) is 5.67. The minimum Gasteiger partial charge on any atom is -0.365 e. The fourth-order valence-corrected chi connectivity index (χ4v) is 1.92. The Morgan fingerprint density at radius 3 is 2.59 bits per heavy atom. The molecular weight excluding hydrogens is 276 g/mol. The maximum Gasteiger partial charge on any atom is 0.271 e. The normalized spacial score (nSPS) is 10.5. The Balaban J connectivity index is 1.92. The molecule has 2 N–H and O–H groups in total. The zero-order valence-electron chi connectivity index (χ0n) is 13.3. The predicted molar refractivity (Wildman–Crippen MR) is 87.7 cm³/mol. The first kappa shape index (κ1) is 15.9. The molecule has 2 rings (SSSR count). The van der Waals surface area contributed by atoms with Crippen molar-refractivity contribution >= 4 is 11.7 Å². The van der Waals surface area contributed by atoms with Crippen LogP contribution in [0.3, 0.4) is 0 Å². The number of hydrogen-bond donors (Lipinski definition) is 2. The van der Waals surface area contributed by atoms with E-state index in [-0.39, 0.29) is 5.91 Å². The molecule has 0 aliphatic carbocycles. The molecule has 0 aliphatic heterocycles. The molecule has 5 heteroatoms. The highest BCUT2D eigenvalue weighted by atomic mass is 16.1. The molecule has 0 saturated carbocycles. The van der Waals surface area contributed by atoms with Gasteiger partial charge in [-0.15, -0.1) is 0 Å². The van der Waals surface area contributed by atoms with Gasteiger partial charge in [0.1, 0.15) is 11.5 Å². The van der Waals surface area contributed by atoms with Crippen LogP contribution in [0.2, 0.25) is 0 Å². The van der Waals surface area contributed by atoms with Crippen LogP contribution in [0.4, 0.5) is 5.82 Å². The van der Waals surface area contributed by atoms with Crippen molar-refractivity contribution in [1.82, 2.24) is 15.3 Å². The van der Waals surface area contributed by atoms with Gasteiger partial charge in [0, 0.05) is 13.1 Å². The summed E-state index contributed by atoms with van der Waals surface area (Å²) in [4.78, 5) is 20.2. The fraction of sp³-hybridized carbons (Fsp3) is 0.353. The molecule has 5 nitrogen and oxygen atoms in total. The second kappa shape index (κ2) is 7.54. The number of amides is 1. The molecule has 2 aromatic rings. The van der Waals surface area contributed by atoms with Crippen LogP contribution < -0.4 is 10.6 Å². The lowest BCUT2D eigenvalue weighted by atomic mass is 10.1. The summed E-state index contributed by atoms with van der Waals surface area (Å²) in [7, 11) is 0. The lowest BCUT2D eigenvalue weighted by Gasteiger charge is -2.09. The predicted octanol–water partition coefficient (Wildman–Crippen LogP) is 2.78. The zero-order chi connectivity index (χ0) is 15.9. The standard InChI is InChI=1S/C17H22N4O/c1-12(2)8-21-17(22)15-10-20-16(11-18-15)19-9-14-7-5-4-6-13(14)3/h4-7,10-12H,8-9H2,1-3H3,(H,19,20)(H,21,22). The van der Waals surface area contributed by atoms with Crippen LogP contribution in [0.15, 0.2) is 36.7 Å². The first-order valence-electron chi connectivity index (χ1n) is 7.45. The van der Waals surface area contributed by atoms with Crippen LogP contribution in [0, 0.1) is 12.8 Å². The van der Waals surface area contributed by atoms with Crippen molar-refractivity contribution in [1.29, 1.82) is 0 Å². The Labute approximate surface area is 131 Å². The van der Waals surface area contributed by atoms with Gasteiger partial charge in [-0.1, -0.05) is 38.1 Å². The minimum absolute atomic E-state index is 0.188. The van der Waals surface area contributed by atoms with Crippen LogP contribution in [0.5, 0.6) is 0 Å². The molecule has 1 aromatic heterocycles. The maximum atomic E-state index is 11.9. The summed E-state index contributed by atoms with van der Waals surface area (Å²) < 4.78 is 0. The number of carbonyl (C=O) groups is 1. The molecule has 0 atom stereocenters. The molecule has 1 amide bonds. The monoisotopic (exact) mass is 298 g/mol. The first-order chi connectivity index (χ1) is 10.6. The average Bonchev–Trinajstić information content (AvgIpc) is 2.52. The zero-order valence-corrected chi connectivity index (χ0v) is 13.3. The maximum absolute atomic E-state index is 11.9. The van der Waals surface area contributed by atoms with E-state index in [1.54, 1.807) is 6.20 Å². The topological polar surface area (TPSA) is 66.9 Å². The smallest absolute Gasteiger partial charge is 0.271 e. The highest BCUT2D eigenvalue weighted by molar-refractivity contribution is 5.91. The van der Waals surface area contributed by atoms with Crippen molar-refractivity contribution in [2.24, 2.45) is 5.92 Å². The van der Waals surface area contributed by atoms with E-state index in [9.17, 15) is 4.79 Å². The second-order valence-electron chi connectivity index (χ2n) is 5.67. The van der Waals surface area contributed by atoms with E-state index >= 15 is 0 Å². The molecule has 0 radical (unpaired) electrons. The van der Waals surface area contributed by atoms with Crippen LogP contribution in [0.1, 0.15) is 35.5 Å². The number of rotatable bonds is 6. The fourth-order valence-electron chi connectivity index (χ4n) is 1.92. The summed E-state index contributed by atoms with van der Waals surface area (Å²) in [6.07, 6.45) is 3.08. The third kappa shape index (κ3) is 4.55. The van der Waals surface area contributed by atoms with Crippen LogP contribution in [-0.4, -0.2) is 22.4 Å². The van der Waals surface area contributed by atoms with Gasteiger partial charge in [0.15, 0.2) is 0 Å². The minimum atomic E-state index is -0.188. The third-order valence-electron chi connectivity index (χ3n) is 3.28. The van der Waals surface area contributed by atoms with Crippen LogP contribution in [-0.2, 0) is 6.54 Å². The van der Waals surface area contributed by atoms with E-state index < -0.39 is 0 Å². The van der Waals surface area contributed by atoms with Gasteiger partial charge in [-0.25, -0.2) is 9.97 Å². The number of nitrogens with one attached hydrogen (secondary N) is 2. The van der Waals surface area contributed by atoms with Gasteiger partial charge >= 0.3 is 0 Å². The van der Waals surface area contributed by atoms with E-state index in [2.05, 4.69) is 39.7 Å². The number of aryl methyl sites for hydroxylation is 1. The van der Waals surface area contributed by atoms with E-state index in [1.165, 1.54) is 17.3 Å². The van der Waals surface area contributed by atoms with Crippen molar-refractivity contribution in [2.75, 3.05) is 11.9 Å². The van der Waals surface area contributed by atoms with E-state index in [4.69, 9.17) is 0 Å². The summed E-state index contributed by atoms with van der Waals surface area (Å²) in [6.45, 7) is 7.48. The Bertz CT molecular complexity index is 623. The van der Waals surface area contributed by atoms with Gasteiger partial charge in [0.25, 0.3) is 5.91 Å². The summed E-state index contributed by atoms with van der Waals surface area (Å²) in [5, 5.41) is 6.03. The quantitative estimate of drug-likeness (QED) is 0.860. The Morgan fingerprint density at radius 1 is 1.18 bits per heavy atom. The highest BCUT2D eigenvalue weighted by Gasteiger charge is 2.08. The van der Waals surface area contributed by atoms with Crippen LogP contribution >= 0.6 is 0 Å². The molecule has 0 saturated heterocycles. The Kier molecular flexibility index (Phi) is 5.47. The summed E-state index contributed by atoms with van der Waals surface area (Å²) in [6, 6.07) is 8.18. The van der Waals surface area contributed by atoms with Crippen molar-refractivity contribution < 1.29 is 4.79 Å². The van der Waals surface area contributed by atoms with Crippen molar-refractivity contribution in [3.8, 4) is 0 Å². The van der Waals surface area contributed by atoms with Gasteiger partial charge in [0.05, 0.1) is 12.4 Å². The highest BCUT2D eigenvalue weighted by Crippen LogP contribution is 2.09. The van der Waals surface area contributed by atoms with Gasteiger partial charge in [-0.2, -0.15) is 0 Å². The van der Waals surface area contributed by atoms with Crippen molar-refractivity contribution in [3.05, 3.63) is 53.5 Å². The van der Waals surface area contributed by atoms with E-state index in [0.29, 0.717) is 30.5 Å². The van der Waals surface area contributed by atoms with Gasteiger partial charge < -0.3 is 10.6 Å². The molecule has 0 bridgehead atoms. The number of carbonyl (C=O) groups excluding carboxylic acids is 1. The van der Waals surface area contributed by atoms with Gasteiger partial charge in [-0.05, 0) is 24.0 Å².